The van der Waals surface area contributed by atoms with E-state index in [-0.39, 0.29) is 37.8 Å². The highest BCUT2D eigenvalue weighted by molar-refractivity contribution is 7.91. The third kappa shape index (κ3) is 8.24. The molecule has 16 heteroatoms. The summed E-state index contributed by atoms with van der Waals surface area (Å²) < 4.78 is 39.2. The van der Waals surface area contributed by atoms with Crippen LogP contribution in [0.2, 0.25) is 5.02 Å². The van der Waals surface area contributed by atoms with Gasteiger partial charge in [-0.25, -0.2) is 13.2 Å². The summed E-state index contributed by atoms with van der Waals surface area (Å²) >= 11 is 6.40. The Morgan fingerprint density at radius 3 is 2.36 bits per heavy atom. The molecule has 7 rings (SSSR count). The van der Waals surface area contributed by atoms with Crippen LogP contribution in [0.3, 0.4) is 0 Å². The summed E-state index contributed by atoms with van der Waals surface area (Å²) in [5.74, 6) is -2.02. The first-order valence-electron chi connectivity index (χ1n) is 19.2. The molecular formula is C39H51ClN6O8S. The van der Waals surface area contributed by atoms with Crippen LogP contribution in [0.15, 0.2) is 42.5 Å². The average Bonchev–Trinajstić information content (AvgIpc) is 4.04. The Morgan fingerprint density at radius 1 is 1.04 bits per heavy atom. The van der Waals surface area contributed by atoms with Gasteiger partial charge in [0.2, 0.25) is 21.8 Å². The van der Waals surface area contributed by atoms with Crippen LogP contribution in [0.4, 0.5) is 16.2 Å². The van der Waals surface area contributed by atoms with Gasteiger partial charge in [-0.1, -0.05) is 57.8 Å². The predicted molar refractivity (Wildman–Crippen MR) is 207 cm³/mol. The molecule has 5 aliphatic rings. The summed E-state index contributed by atoms with van der Waals surface area (Å²) in [6.07, 6.45) is 0.335. The second-order valence-corrected chi connectivity index (χ2v) is 18.9. The third-order valence-corrected chi connectivity index (χ3v) is 13.7. The average molecular weight is 799 g/mol. The molecule has 0 bridgehead atoms. The van der Waals surface area contributed by atoms with Crippen molar-refractivity contribution in [3.63, 3.8) is 0 Å². The fourth-order valence-corrected chi connectivity index (χ4v) is 9.59. The minimum atomic E-state index is -3.86. The van der Waals surface area contributed by atoms with Gasteiger partial charge in [-0.05, 0) is 72.1 Å². The number of halogens is 1. The summed E-state index contributed by atoms with van der Waals surface area (Å²) in [4.78, 5) is 61.4. The van der Waals surface area contributed by atoms with Crippen molar-refractivity contribution < 1.29 is 37.1 Å². The molecule has 0 radical (unpaired) electrons. The normalized spacial score (nSPS) is 25.5. The van der Waals surface area contributed by atoms with Crippen LogP contribution < -0.4 is 20.3 Å². The predicted octanol–water partition coefficient (Wildman–Crippen LogP) is 4.02. The Hall–Kier alpha value is -4.08. The highest BCUT2D eigenvalue weighted by atomic mass is 35.5. The number of nitrogens with one attached hydrogen (secondary N) is 3. The molecule has 4 fully saturated rings. The van der Waals surface area contributed by atoms with Crippen molar-refractivity contribution in [3.05, 3.63) is 58.6 Å². The van der Waals surface area contributed by atoms with Gasteiger partial charge in [0.25, 0.3) is 5.91 Å². The largest absolute Gasteiger partial charge is 0.444 e. The number of carbonyl (C=O) groups is 4. The van der Waals surface area contributed by atoms with Gasteiger partial charge >= 0.3 is 6.09 Å². The highest BCUT2D eigenvalue weighted by Crippen LogP contribution is 2.47. The number of ether oxygens (including phenoxy) is 2. The second kappa shape index (κ2) is 15.1. The fourth-order valence-electron chi connectivity index (χ4n) is 7.97. The fraction of sp³-hybridized carbons (Fsp3) is 0.590. The summed E-state index contributed by atoms with van der Waals surface area (Å²) in [7, 11) is -3.86. The van der Waals surface area contributed by atoms with Crippen molar-refractivity contribution in [1.29, 1.82) is 0 Å². The molecule has 4 amide bonds. The second-order valence-electron chi connectivity index (χ2n) is 16.5. The Kier molecular flexibility index (Phi) is 10.8. The van der Waals surface area contributed by atoms with Gasteiger partial charge < -0.3 is 29.9 Å². The lowest BCUT2D eigenvalue weighted by atomic mass is 9.85. The van der Waals surface area contributed by atoms with Crippen LogP contribution in [0, 0.1) is 11.3 Å². The maximum Gasteiger partial charge on any atom is 0.410 e. The third-order valence-electron chi connectivity index (χ3n) is 11.5. The SMILES string of the molecule is CC[C@H]1C[C@]1(NC(=O)[C@@H]1CC(OC(=O)N2Cc3cccc(Cl)c3C2)CN1C(=O)[C@@H](Nc1ccc(N2CCOCC2)cc1)C(C)(C)C)C(=O)NS(=O)(=O)C1CC1. The van der Waals surface area contributed by atoms with Crippen LogP contribution in [0.25, 0.3) is 0 Å². The number of carbonyl (C=O) groups excluding carboxylic acids is 4. The van der Waals surface area contributed by atoms with E-state index in [0.29, 0.717) is 44.0 Å². The molecule has 2 saturated heterocycles. The van der Waals surface area contributed by atoms with Gasteiger partial charge in [-0.15, -0.1) is 0 Å². The molecule has 55 heavy (non-hydrogen) atoms. The molecule has 298 valence electrons. The van der Waals surface area contributed by atoms with Crippen molar-refractivity contribution in [2.45, 2.75) is 102 Å². The van der Waals surface area contributed by atoms with Crippen molar-refractivity contribution in [1.82, 2.24) is 19.8 Å². The number of amides is 4. The minimum Gasteiger partial charge on any atom is -0.444 e. The lowest BCUT2D eigenvalue weighted by Gasteiger charge is -2.36. The van der Waals surface area contributed by atoms with Gasteiger partial charge in [-0.2, -0.15) is 0 Å². The number of nitrogens with zero attached hydrogens (tertiary/aromatic N) is 3. The van der Waals surface area contributed by atoms with E-state index in [4.69, 9.17) is 21.1 Å². The topological polar surface area (TPSA) is 167 Å². The molecule has 2 aliphatic carbocycles. The molecule has 3 N–H and O–H groups in total. The quantitative estimate of drug-likeness (QED) is 0.302. The van der Waals surface area contributed by atoms with Crippen molar-refractivity contribution >= 4 is 56.8 Å². The summed E-state index contributed by atoms with van der Waals surface area (Å²) in [6, 6.07) is 11.4. The molecular weight excluding hydrogens is 748 g/mol. The highest BCUT2D eigenvalue weighted by Gasteiger charge is 2.62. The summed E-state index contributed by atoms with van der Waals surface area (Å²) in [5, 5.41) is 6.24. The first-order chi connectivity index (χ1) is 26.1. The molecule has 2 aromatic rings. The number of sulfonamides is 1. The molecule has 2 saturated carbocycles. The van der Waals surface area contributed by atoms with E-state index in [2.05, 4.69) is 20.3 Å². The van der Waals surface area contributed by atoms with Crippen molar-refractivity contribution in [2.75, 3.05) is 43.1 Å². The number of morpholine rings is 1. The Morgan fingerprint density at radius 2 is 1.75 bits per heavy atom. The number of likely N-dealkylation sites (tertiary alicyclic amines) is 1. The van der Waals surface area contributed by atoms with E-state index >= 15 is 0 Å². The lowest BCUT2D eigenvalue weighted by Crippen LogP contribution is -2.58. The van der Waals surface area contributed by atoms with Crippen LogP contribution in [-0.4, -0.2) is 104 Å². The molecule has 0 aromatic heterocycles. The maximum atomic E-state index is 14.7. The van der Waals surface area contributed by atoms with Crippen molar-refractivity contribution in [2.24, 2.45) is 11.3 Å². The van der Waals surface area contributed by atoms with E-state index in [9.17, 15) is 27.6 Å². The van der Waals surface area contributed by atoms with E-state index < -0.39 is 62.3 Å². The molecule has 3 heterocycles. The Balaban J connectivity index is 1.11. The number of benzene rings is 2. The molecule has 14 nitrogen and oxygen atoms in total. The molecule has 0 spiro atoms. The zero-order valence-electron chi connectivity index (χ0n) is 31.8. The molecule has 1 unspecified atom stereocenters. The van der Waals surface area contributed by atoms with Gasteiger partial charge in [0.15, 0.2) is 0 Å². The smallest absolute Gasteiger partial charge is 0.410 e. The van der Waals surface area contributed by atoms with Crippen LogP contribution in [-0.2, 0) is 47.0 Å². The molecule has 2 aromatic carbocycles. The molecule has 3 aliphatic heterocycles. The van der Waals surface area contributed by atoms with Gasteiger partial charge in [0, 0.05) is 42.5 Å². The first kappa shape index (κ1) is 39.2. The van der Waals surface area contributed by atoms with Gasteiger partial charge in [0.05, 0.1) is 31.6 Å². The first-order valence-corrected chi connectivity index (χ1v) is 21.1. The van der Waals surface area contributed by atoms with Crippen LogP contribution in [0.5, 0.6) is 0 Å². The summed E-state index contributed by atoms with van der Waals surface area (Å²) in [6.45, 7) is 11.1. The number of hydrogen-bond acceptors (Lipinski definition) is 10. The number of fused-ring (bicyclic) bond motifs is 1. The van der Waals surface area contributed by atoms with Gasteiger partial charge in [0.1, 0.15) is 23.7 Å². The molecule has 5 atom stereocenters. The lowest BCUT2D eigenvalue weighted by molar-refractivity contribution is -0.141. The maximum absolute atomic E-state index is 14.7. The summed E-state index contributed by atoms with van der Waals surface area (Å²) in [5.41, 5.74) is 1.48. The Labute approximate surface area is 327 Å². The van der Waals surface area contributed by atoms with Crippen LogP contribution >= 0.6 is 11.6 Å². The van der Waals surface area contributed by atoms with Crippen LogP contribution in [0.1, 0.15) is 70.9 Å². The van der Waals surface area contributed by atoms with E-state index in [0.717, 1.165) is 35.6 Å². The van der Waals surface area contributed by atoms with E-state index in [1.807, 2.05) is 64.1 Å². The van der Waals surface area contributed by atoms with Crippen molar-refractivity contribution in [3.8, 4) is 0 Å². The zero-order valence-corrected chi connectivity index (χ0v) is 33.4. The van der Waals surface area contributed by atoms with E-state index in [1.54, 1.807) is 6.07 Å². The number of anilines is 2. The number of rotatable bonds is 11. The Bertz CT molecular complexity index is 1930. The zero-order chi connectivity index (χ0) is 39.3. The number of hydrogen-bond donors (Lipinski definition) is 3. The standard InChI is InChI=1S/C39H51ClN6O8S/c1-5-25-20-39(25,36(49)43-55(51,52)29-13-14-29)42-34(47)32-19-28(54-37(50)45-21-24-7-6-8-31(40)30(24)23-45)22-46(32)35(48)33(38(2,3)4)41-26-9-11-27(12-10-26)44-15-17-53-18-16-44/h6-12,25,28-29,32-33,41H,5,13-23H2,1-4H3,(H,42,47)(H,43,49)/t25-,28?,32-,33+,39+/m0/s1. The minimum absolute atomic E-state index is 0.00910. The van der Waals surface area contributed by atoms with Gasteiger partial charge in [-0.3, -0.25) is 24.0 Å². The van der Waals surface area contributed by atoms with E-state index in [1.165, 1.54) is 9.80 Å². The monoisotopic (exact) mass is 798 g/mol.